The van der Waals surface area contributed by atoms with Crippen molar-refractivity contribution in [3.63, 3.8) is 0 Å². The first-order chi connectivity index (χ1) is 15.4. The number of anilines is 1. The van der Waals surface area contributed by atoms with Crippen LogP contribution in [0.3, 0.4) is 0 Å². The van der Waals surface area contributed by atoms with Crippen molar-refractivity contribution >= 4 is 11.8 Å². The molecule has 0 saturated carbocycles. The molecule has 0 bridgehead atoms. The van der Waals surface area contributed by atoms with E-state index in [1.807, 2.05) is 17.8 Å². The van der Waals surface area contributed by atoms with Crippen molar-refractivity contribution < 1.29 is 23.4 Å². The lowest BCUT2D eigenvalue weighted by atomic mass is 9.92. The van der Waals surface area contributed by atoms with Gasteiger partial charge in [0.2, 0.25) is 0 Å². The average molecular weight is 440 g/mol. The summed E-state index contributed by atoms with van der Waals surface area (Å²) >= 11 is 0. The van der Waals surface area contributed by atoms with Gasteiger partial charge in [-0.3, -0.25) is 9.58 Å². The monoisotopic (exact) mass is 440 g/mol. The van der Waals surface area contributed by atoms with Crippen LogP contribution in [0.4, 0.5) is 19.3 Å². The third-order valence-electron chi connectivity index (χ3n) is 6.11. The average Bonchev–Trinajstić information content (AvgIpc) is 3.18. The van der Waals surface area contributed by atoms with Crippen LogP contribution in [0, 0.1) is 11.6 Å². The van der Waals surface area contributed by atoms with Crippen LogP contribution >= 0.6 is 0 Å². The number of nitrogens with zero attached hydrogens (tertiary/aromatic N) is 3. The third-order valence-corrected chi connectivity index (χ3v) is 6.11. The number of nitrogens with one attached hydrogen (secondary N) is 1. The van der Waals surface area contributed by atoms with Crippen LogP contribution in [-0.2, 0) is 6.42 Å². The summed E-state index contributed by atoms with van der Waals surface area (Å²) in [7, 11) is 0. The number of amides is 1. The van der Waals surface area contributed by atoms with Crippen LogP contribution in [0.1, 0.15) is 24.9 Å². The quantitative estimate of drug-likeness (QED) is 0.621. The minimum atomic E-state index is -1.05. The van der Waals surface area contributed by atoms with E-state index in [0.717, 1.165) is 30.8 Å². The van der Waals surface area contributed by atoms with E-state index in [-0.39, 0.29) is 17.8 Å². The number of ether oxygens (including phenoxy) is 1. The van der Waals surface area contributed by atoms with Crippen molar-refractivity contribution in [2.24, 2.45) is 0 Å². The van der Waals surface area contributed by atoms with E-state index in [0.29, 0.717) is 35.4 Å². The van der Waals surface area contributed by atoms with Gasteiger partial charge in [0.05, 0.1) is 17.9 Å². The smallest absolute Gasteiger partial charge is 0.412 e. The Bertz CT molecular complexity index is 1190. The van der Waals surface area contributed by atoms with E-state index in [1.165, 1.54) is 11.0 Å². The van der Waals surface area contributed by atoms with Gasteiger partial charge < -0.3 is 15.2 Å². The lowest BCUT2D eigenvalue weighted by Crippen LogP contribution is -2.43. The topological polar surface area (TPSA) is 79.6 Å². The van der Waals surface area contributed by atoms with E-state index < -0.39 is 17.7 Å². The normalized spacial score (nSPS) is 18.2. The molecule has 3 aromatic rings. The number of rotatable bonds is 4. The first kappa shape index (κ1) is 20.4. The summed E-state index contributed by atoms with van der Waals surface area (Å²) in [4.78, 5) is 13.3. The number of hydrogen-bond acceptors (Lipinski definition) is 4. The van der Waals surface area contributed by atoms with Gasteiger partial charge in [-0.25, -0.2) is 13.6 Å². The summed E-state index contributed by atoms with van der Waals surface area (Å²) in [6, 6.07) is 7.01. The van der Waals surface area contributed by atoms with Crippen molar-refractivity contribution in [1.29, 1.82) is 0 Å². The molecule has 0 unspecified atom stereocenters. The van der Waals surface area contributed by atoms with E-state index in [1.54, 1.807) is 18.3 Å². The maximum atomic E-state index is 13.8. The van der Waals surface area contributed by atoms with E-state index in [4.69, 9.17) is 4.74 Å². The highest BCUT2D eigenvalue weighted by Gasteiger charge is 2.32. The van der Waals surface area contributed by atoms with E-state index in [9.17, 15) is 18.7 Å². The second-order valence-corrected chi connectivity index (χ2v) is 8.18. The van der Waals surface area contributed by atoms with Crippen molar-refractivity contribution in [2.45, 2.75) is 31.8 Å². The molecule has 9 heteroatoms. The molecule has 5 rings (SSSR count). The number of fused-ring (bicyclic) bond motifs is 1. The molecule has 166 valence electrons. The highest BCUT2D eigenvalue weighted by Crippen LogP contribution is 2.45. The van der Waals surface area contributed by atoms with Crippen molar-refractivity contribution in [1.82, 2.24) is 15.1 Å². The third kappa shape index (κ3) is 3.48. The molecule has 1 saturated heterocycles. The van der Waals surface area contributed by atoms with Gasteiger partial charge in [-0.15, -0.1) is 0 Å². The van der Waals surface area contributed by atoms with E-state index >= 15 is 0 Å². The Balaban J connectivity index is 1.63. The lowest BCUT2D eigenvalue weighted by Gasteiger charge is -2.34. The highest BCUT2D eigenvalue weighted by atomic mass is 19.2. The van der Waals surface area contributed by atoms with Crippen molar-refractivity contribution in [2.75, 3.05) is 18.0 Å². The molecular weight excluding hydrogens is 418 g/mol. The highest BCUT2D eigenvalue weighted by molar-refractivity contribution is 5.91. The molecule has 2 aliphatic heterocycles. The number of benzene rings is 2. The van der Waals surface area contributed by atoms with Gasteiger partial charge in [-0.1, -0.05) is 0 Å². The molecule has 7 nitrogen and oxygen atoms in total. The zero-order chi connectivity index (χ0) is 22.4. The second-order valence-electron chi connectivity index (χ2n) is 8.18. The fraction of sp³-hybridized carbons (Fsp3) is 0.304. The van der Waals surface area contributed by atoms with Gasteiger partial charge in [0.25, 0.3) is 0 Å². The molecule has 32 heavy (non-hydrogen) atoms. The number of halogens is 2. The first-order valence-electron chi connectivity index (χ1n) is 10.5. The molecule has 0 aliphatic carbocycles. The number of carbonyl (C=O) groups is 1. The lowest BCUT2D eigenvalue weighted by molar-refractivity contribution is 0.198. The Labute approximate surface area is 183 Å². The number of aromatic nitrogens is 2. The molecule has 1 fully saturated rings. The van der Waals surface area contributed by atoms with Crippen LogP contribution in [0.2, 0.25) is 0 Å². The molecule has 1 aromatic heterocycles. The minimum Gasteiger partial charge on any atom is -0.465 e. The molecule has 1 atom stereocenters. The van der Waals surface area contributed by atoms with Crippen LogP contribution in [0.5, 0.6) is 11.5 Å². The summed E-state index contributed by atoms with van der Waals surface area (Å²) in [6.07, 6.45) is 3.82. The largest absolute Gasteiger partial charge is 0.465 e. The number of hydrogen-bond donors (Lipinski definition) is 2. The van der Waals surface area contributed by atoms with Crippen LogP contribution < -0.4 is 15.0 Å². The molecule has 2 aromatic carbocycles. The summed E-state index contributed by atoms with van der Waals surface area (Å²) in [5.74, 6) is -1.42. The van der Waals surface area contributed by atoms with E-state index in [2.05, 4.69) is 10.4 Å². The van der Waals surface area contributed by atoms with Crippen molar-refractivity contribution in [3.8, 4) is 22.6 Å². The summed E-state index contributed by atoms with van der Waals surface area (Å²) in [6.45, 7) is 3.54. The Morgan fingerprint density at radius 3 is 2.72 bits per heavy atom. The Morgan fingerprint density at radius 1 is 1.22 bits per heavy atom. The maximum Gasteiger partial charge on any atom is 0.412 e. The fourth-order valence-electron chi connectivity index (χ4n) is 4.24. The predicted molar refractivity (Wildman–Crippen MR) is 114 cm³/mol. The molecule has 2 N–H and O–H groups in total. The first-order valence-corrected chi connectivity index (χ1v) is 10.5. The van der Waals surface area contributed by atoms with Crippen LogP contribution in [0.25, 0.3) is 11.1 Å². The molecule has 2 aliphatic rings. The second kappa shape index (κ2) is 7.90. The van der Waals surface area contributed by atoms with Gasteiger partial charge in [-0.2, -0.15) is 5.10 Å². The SMILES string of the molecule is C[C@H]1CCc2c(ccc(-c3cnn(C4CNC4)c3)c2Oc2ccc(F)c(F)c2)N1C(=O)O. The maximum absolute atomic E-state index is 13.8. The Kier molecular flexibility index (Phi) is 5.05. The zero-order valence-corrected chi connectivity index (χ0v) is 17.4. The molecular formula is C23H22F2N4O3. The molecule has 1 amide bonds. The van der Waals surface area contributed by atoms with Crippen molar-refractivity contribution in [3.05, 3.63) is 59.9 Å². The number of carboxylic acid groups (broad SMARTS) is 1. The minimum absolute atomic E-state index is 0.134. The Morgan fingerprint density at radius 2 is 2.03 bits per heavy atom. The molecule has 0 spiro atoms. The van der Waals surface area contributed by atoms with Gasteiger partial charge in [0, 0.05) is 48.1 Å². The van der Waals surface area contributed by atoms with Crippen LogP contribution in [0.15, 0.2) is 42.7 Å². The molecule has 3 heterocycles. The summed E-state index contributed by atoms with van der Waals surface area (Å²) in [5.41, 5.74) is 2.77. The van der Waals surface area contributed by atoms with Gasteiger partial charge >= 0.3 is 6.09 Å². The van der Waals surface area contributed by atoms with Gasteiger partial charge in [0.15, 0.2) is 11.6 Å². The zero-order valence-electron chi connectivity index (χ0n) is 17.4. The van der Waals surface area contributed by atoms with Gasteiger partial charge in [0.1, 0.15) is 11.5 Å². The van der Waals surface area contributed by atoms with Crippen LogP contribution in [-0.4, -0.2) is 40.1 Å². The standard InChI is InChI=1S/C23H22F2N4O3/c1-13-2-4-18-21(29(13)23(30)31)7-5-17(14-9-27-28(12-14)15-10-26-11-15)22(18)32-16-3-6-19(24)20(25)8-16/h3,5-9,12-13,15,26H,2,4,10-11H2,1H3,(H,30,31)/t13-/m0/s1. The van der Waals surface area contributed by atoms with Gasteiger partial charge in [-0.05, 0) is 44.0 Å². The fourth-order valence-corrected chi connectivity index (χ4v) is 4.24. The summed E-state index contributed by atoms with van der Waals surface area (Å²) < 4.78 is 35.3. The Hall–Kier alpha value is -3.46. The molecule has 0 radical (unpaired) electrons. The summed E-state index contributed by atoms with van der Waals surface area (Å²) in [5, 5.41) is 17.4. The predicted octanol–water partition coefficient (Wildman–Crippen LogP) is 4.58.